The molecule has 0 radical (unpaired) electrons. The zero-order valence-electron chi connectivity index (χ0n) is 18.0. The topological polar surface area (TPSA) is 96.7 Å². The third-order valence-corrected chi connectivity index (χ3v) is 6.28. The molecule has 1 amide bonds. The molecule has 12 heteroatoms. The Morgan fingerprint density at radius 2 is 2.00 bits per heavy atom. The molecule has 1 saturated heterocycles. The lowest BCUT2D eigenvalue weighted by Crippen LogP contribution is -2.42. The first-order chi connectivity index (χ1) is 15.7. The Balaban J connectivity index is 0.000000383. The Morgan fingerprint density at radius 3 is 2.64 bits per heavy atom. The first-order valence-corrected chi connectivity index (χ1v) is 11.6. The summed E-state index contributed by atoms with van der Waals surface area (Å²) in [6.07, 6.45) is 0.0350. The molecule has 2 aromatic rings. The van der Waals surface area contributed by atoms with Crippen LogP contribution in [0.2, 0.25) is 0 Å². The van der Waals surface area contributed by atoms with Gasteiger partial charge >= 0.3 is 12.1 Å². The second-order valence-electron chi connectivity index (χ2n) is 8.03. The molecular formula is C21H27F3N4O4S. The van der Waals surface area contributed by atoms with Crippen molar-refractivity contribution in [3.05, 3.63) is 40.3 Å². The van der Waals surface area contributed by atoms with Gasteiger partial charge in [-0.15, -0.1) is 0 Å². The van der Waals surface area contributed by atoms with Gasteiger partial charge in [0.05, 0.1) is 11.7 Å². The molecule has 8 nitrogen and oxygen atoms in total. The monoisotopic (exact) mass is 488 g/mol. The van der Waals surface area contributed by atoms with Crippen molar-refractivity contribution in [1.29, 1.82) is 0 Å². The Hall–Kier alpha value is -2.44. The van der Waals surface area contributed by atoms with Crippen LogP contribution in [0.3, 0.4) is 0 Å². The Morgan fingerprint density at radius 1 is 1.27 bits per heavy atom. The van der Waals surface area contributed by atoms with Crippen molar-refractivity contribution in [3.63, 3.8) is 0 Å². The van der Waals surface area contributed by atoms with E-state index in [1.54, 1.807) is 11.3 Å². The second kappa shape index (κ2) is 11.6. The van der Waals surface area contributed by atoms with Crippen molar-refractivity contribution in [2.24, 2.45) is 5.92 Å². The second-order valence-corrected chi connectivity index (χ2v) is 8.81. The van der Waals surface area contributed by atoms with E-state index in [1.807, 2.05) is 23.0 Å². The number of amides is 1. The third kappa shape index (κ3) is 7.54. The van der Waals surface area contributed by atoms with Gasteiger partial charge in [0.15, 0.2) is 0 Å². The van der Waals surface area contributed by atoms with Crippen molar-refractivity contribution in [2.75, 3.05) is 32.8 Å². The van der Waals surface area contributed by atoms with Crippen LogP contribution in [0.5, 0.6) is 0 Å². The van der Waals surface area contributed by atoms with Gasteiger partial charge in [-0.2, -0.15) is 29.6 Å². The number of fused-ring (bicyclic) bond motifs is 1. The van der Waals surface area contributed by atoms with E-state index in [0.717, 1.165) is 63.6 Å². The number of aliphatic carboxylic acids is 1. The van der Waals surface area contributed by atoms with Gasteiger partial charge in [0, 0.05) is 56.5 Å². The van der Waals surface area contributed by atoms with Crippen molar-refractivity contribution in [3.8, 4) is 0 Å². The summed E-state index contributed by atoms with van der Waals surface area (Å²) < 4.78 is 39.4. The van der Waals surface area contributed by atoms with Gasteiger partial charge in [0.1, 0.15) is 0 Å². The van der Waals surface area contributed by atoms with Crippen molar-refractivity contribution in [2.45, 2.75) is 38.0 Å². The van der Waals surface area contributed by atoms with Gasteiger partial charge in [0.25, 0.3) is 5.91 Å². The summed E-state index contributed by atoms with van der Waals surface area (Å²) in [6.45, 7) is 5.56. The van der Waals surface area contributed by atoms with E-state index in [9.17, 15) is 18.0 Å². The molecule has 2 aliphatic heterocycles. The molecule has 0 saturated carbocycles. The van der Waals surface area contributed by atoms with Crippen molar-refractivity contribution >= 4 is 23.2 Å². The minimum absolute atomic E-state index is 0.0156. The first-order valence-electron chi connectivity index (χ1n) is 10.7. The lowest BCUT2D eigenvalue weighted by Gasteiger charge is -2.36. The van der Waals surface area contributed by atoms with Gasteiger partial charge in [-0.3, -0.25) is 14.4 Å². The Labute approximate surface area is 193 Å². The smallest absolute Gasteiger partial charge is 0.475 e. The van der Waals surface area contributed by atoms with Gasteiger partial charge < -0.3 is 15.2 Å². The van der Waals surface area contributed by atoms with Crippen molar-refractivity contribution < 1.29 is 32.6 Å². The van der Waals surface area contributed by atoms with Crippen LogP contribution in [0.15, 0.2) is 29.1 Å². The average Bonchev–Trinajstić information content (AvgIpc) is 3.46. The number of carboxylic acids is 1. The summed E-state index contributed by atoms with van der Waals surface area (Å²) in [6, 6.07) is 4.30. The summed E-state index contributed by atoms with van der Waals surface area (Å²) in [5.41, 5.74) is 2.03. The predicted octanol–water partition coefficient (Wildman–Crippen LogP) is 3.18. The van der Waals surface area contributed by atoms with E-state index in [4.69, 9.17) is 14.6 Å². The SMILES string of the molecule is O=C(NCCC1CN(CC2CCOCC2)Cc2ccnn21)c1ccsc1.O=C(O)C(F)(F)F. The number of aromatic nitrogens is 2. The number of carboxylic acid groups (broad SMARTS) is 1. The van der Waals surface area contributed by atoms with E-state index in [1.165, 1.54) is 5.69 Å². The summed E-state index contributed by atoms with van der Waals surface area (Å²) >= 11 is 1.55. The number of hydrogen-bond acceptors (Lipinski definition) is 6. The van der Waals surface area contributed by atoms with Crippen LogP contribution in [-0.2, 0) is 16.1 Å². The van der Waals surface area contributed by atoms with Crippen LogP contribution in [0.4, 0.5) is 13.2 Å². The van der Waals surface area contributed by atoms with Gasteiger partial charge in [-0.05, 0) is 42.7 Å². The standard InChI is InChI=1S/C19H26N4O2S.C2HF3O2/c24-19(16-5-10-26-14-16)20-6-1-17-12-22(11-15-3-8-25-9-4-15)13-18-2-7-21-23(17)18;3-2(4,5)1(6)7/h2,5,7,10,14-15,17H,1,3-4,6,8-9,11-13H2,(H,20,24);(H,6,7). The van der Waals surface area contributed by atoms with Crippen LogP contribution in [0.25, 0.3) is 0 Å². The molecule has 0 spiro atoms. The quantitative estimate of drug-likeness (QED) is 0.649. The number of nitrogens with zero attached hydrogens (tertiary/aromatic N) is 3. The maximum atomic E-state index is 12.1. The molecule has 33 heavy (non-hydrogen) atoms. The molecule has 182 valence electrons. The number of carbonyl (C=O) groups excluding carboxylic acids is 1. The van der Waals surface area contributed by atoms with E-state index in [2.05, 4.69) is 26.1 Å². The van der Waals surface area contributed by atoms with Gasteiger partial charge in [-0.25, -0.2) is 4.79 Å². The normalized spacial score (nSPS) is 19.3. The largest absolute Gasteiger partial charge is 0.490 e. The number of thiophene rings is 1. The number of hydrogen-bond donors (Lipinski definition) is 2. The van der Waals surface area contributed by atoms with Crippen LogP contribution < -0.4 is 5.32 Å². The molecule has 0 aliphatic carbocycles. The number of rotatable bonds is 6. The van der Waals surface area contributed by atoms with Gasteiger partial charge in [0.2, 0.25) is 0 Å². The lowest BCUT2D eigenvalue weighted by molar-refractivity contribution is -0.192. The number of nitrogens with one attached hydrogen (secondary N) is 1. The number of ether oxygens (including phenoxy) is 1. The zero-order valence-corrected chi connectivity index (χ0v) is 18.8. The predicted molar refractivity (Wildman–Crippen MR) is 115 cm³/mol. The number of alkyl halides is 3. The molecule has 2 aliphatic rings. The van der Waals surface area contributed by atoms with Crippen molar-refractivity contribution in [1.82, 2.24) is 20.0 Å². The molecule has 4 rings (SSSR count). The Kier molecular flexibility index (Phi) is 8.87. The van der Waals surface area contributed by atoms with Crippen LogP contribution in [-0.4, -0.2) is 70.7 Å². The molecule has 1 atom stereocenters. The van der Waals surface area contributed by atoms with Gasteiger partial charge in [-0.1, -0.05) is 0 Å². The molecule has 0 bridgehead atoms. The maximum Gasteiger partial charge on any atom is 0.490 e. The molecule has 2 N–H and O–H groups in total. The van der Waals surface area contributed by atoms with E-state index < -0.39 is 12.1 Å². The lowest BCUT2D eigenvalue weighted by atomic mass is 9.98. The summed E-state index contributed by atoms with van der Waals surface area (Å²) in [5.74, 6) is -2.01. The van der Waals surface area contributed by atoms with E-state index in [-0.39, 0.29) is 5.91 Å². The fraction of sp³-hybridized carbons (Fsp3) is 0.571. The fourth-order valence-electron chi connectivity index (χ4n) is 3.96. The highest BCUT2D eigenvalue weighted by molar-refractivity contribution is 7.08. The van der Waals surface area contributed by atoms with E-state index in [0.29, 0.717) is 12.6 Å². The average molecular weight is 489 g/mol. The molecule has 0 aromatic carbocycles. The minimum Gasteiger partial charge on any atom is -0.475 e. The molecule has 4 heterocycles. The highest BCUT2D eigenvalue weighted by atomic mass is 32.1. The highest BCUT2D eigenvalue weighted by Crippen LogP contribution is 2.25. The molecular weight excluding hydrogens is 461 g/mol. The molecule has 1 unspecified atom stereocenters. The molecule has 2 aromatic heterocycles. The minimum atomic E-state index is -5.08. The summed E-state index contributed by atoms with van der Waals surface area (Å²) in [5, 5.41) is 18.5. The zero-order chi connectivity index (χ0) is 23.8. The summed E-state index contributed by atoms with van der Waals surface area (Å²) in [7, 11) is 0. The van der Waals surface area contributed by atoms with Crippen LogP contribution >= 0.6 is 11.3 Å². The first kappa shape index (κ1) is 25.2. The highest BCUT2D eigenvalue weighted by Gasteiger charge is 2.38. The van der Waals surface area contributed by atoms with Crippen LogP contribution in [0, 0.1) is 5.92 Å². The van der Waals surface area contributed by atoms with Crippen LogP contribution in [0.1, 0.15) is 41.4 Å². The molecule has 1 fully saturated rings. The van der Waals surface area contributed by atoms with E-state index >= 15 is 0 Å². The third-order valence-electron chi connectivity index (χ3n) is 5.60. The maximum absolute atomic E-state index is 12.1. The number of carbonyl (C=O) groups is 2. The summed E-state index contributed by atoms with van der Waals surface area (Å²) in [4.78, 5) is 23.6. The fourth-order valence-corrected chi connectivity index (χ4v) is 4.60. The Bertz CT molecular complexity index is 898. The number of halogens is 3.